The maximum absolute atomic E-state index is 14.4. The largest absolute Gasteiger partial charge is 0.497 e. The summed E-state index contributed by atoms with van der Waals surface area (Å²) >= 11 is 3.68. The van der Waals surface area contributed by atoms with Crippen molar-refractivity contribution in [3.63, 3.8) is 0 Å². The van der Waals surface area contributed by atoms with Gasteiger partial charge in [-0.25, -0.2) is 4.99 Å². The average molecular weight is 644 g/mol. The molecule has 0 bridgehead atoms. The van der Waals surface area contributed by atoms with Gasteiger partial charge in [-0.2, -0.15) is 0 Å². The highest BCUT2D eigenvalue weighted by Crippen LogP contribution is 2.43. The second kappa shape index (κ2) is 14.4. The van der Waals surface area contributed by atoms with E-state index in [-0.39, 0.29) is 12.5 Å². The maximum Gasteiger partial charge on any atom is 0.252 e. The Morgan fingerprint density at radius 2 is 1.65 bits per heavy atom. The monoisotopic (exact) mass is 642 g/mol. The molecule has 2 N–H and O–H groups in total. The standard InChI is InChI=1S/C35H35BrN2O5/c1-41-29-16-12-25(13-17-29)20-21-37-34(40)35(24-28-10-5-6-11-31(28)36)32(26-8-3-2-4-9-26)43-33(38-35)27-14-18-30(19-15-27)42-23-7-22-39/h2-6,8-19,32,39H,7,20-24H2,1H3,(H,37,40)/t32-,35-/m1/s1. The van der Waals surface area contributed by atoms with Crippen LogP contribution in [0.25, 0.3) is 0 Å². The van der Waals surface area contributed by atoms with E-state index in [1.165, 1.54) is 0 Å². The van der Waals surface area contributed by atoms with Crippen LogP contribution in [0.3, 0.4) is 0 Å². The number of aliphatic hydroxyl groups excluding tert-OH is 1. The summed E-state index contributed by atoms with van der Waals surface area (Å²) < 4.78 is 18.5. The number of carbonyl (C=O) groups is 1. The van der Waals surface area contributed by atoms with Gasteiger partial charge in [-0.15, -0.1) is 0 Å². The fourth-order valence-electron chi connectivity index (χ4n) is 5.11. The number of benzene rings is 4. The molecule has 0 fully saturated rings. The Morgan fingerprint density at radius 1 is 0.953 bits per heavy atom. The van der Waals surface area contributed by atoms with E-state index < -0.39 is 11.6 Å². The van der Waals surface area contributed by atoms with Crippen molar-refractivity contribution >= 4 is 27.7 Å². The Bertz CT molecular complexity index is 1530. The number of nitrogens with zero attached hydrogens (tertiary/aromatic N) is 1. The molecule has 4 aromatic rings. The summed E-state index contributed by atoms with van der Waals surface area (Å²) in [5.41, 5.74) is 2.39. The zero-order valence-corrected chi connectivity index (χ0v) is 25.6. The summed E-state index contributed by atoms with van der Waals surface area (Å²) in [6.45, 7) is 0.940. The van der Waals surface area contributed by atoms with Crippen molar-refractivity contribution in [2.75, 3.05) is 26.9 Å². The summed E-state index contributed by atoms with van der Waals surface area (Å²) in [4.78, 5) is 19.5. The molecule has 43 heavy (non-hydrogen) atoms. The molecule has 1 aliphatic rings. The summed E-state index contributed by atoms with van der Waals surface area (Å²) in [5.74, 6) is 1.67. The third kappa shape index (κ3) is 7.27. The van der Waals surface area contributed by atoms with E-state index in [0.717, 1.165) is 32.5 Å². The topological polar surface area (TPSA) is 89.4 Å². The van der Waals surface area contributed by atoms with Crippen LogP contribution in [-0.2, 0) is 22.4 Å². The maximum atomic E-state index is 14.4. The SMILES string of the molecule is COc1ccc(CCNC(=O)[C@]2(Cc3ccccc3Br)N=C(c3ccc(OCCCO)cc3)O[C@@H]2c2ccccc2)cc1. The number of hydrogen-bond acceptors (Lipinski definition) is 6. The highest BCUT2D eigenvalue weighted by molar-refractivity contribution is 9.10. The van der Waals surface area contributed by atoms with Gasteiger partial charge in [0.05, 0.1) is 13.7 Å². The first-order chi connectivity index (χ1) is 21.0. The van der Waals surface area contributed by atoms with Gasteiger partial charge in [-0.1, -0.05) is 76.6 Å². The first-order valence-electron chi connectivity index (χ1n) is 14.3. The van der Waals surface area contributed by atoms with Crippen LogP contribution in [0, 0.1) is 0 Å². The Kier molecular flexibility index (Phi) is 10.1. The molecule has 0 unspecified atom stereocenters. The van der Waals surface area contributed by atoms with Crippen LogP contribution >= 0.6 is 15.9 Å². The van der Waals surface area contributed by atoms with Crippen molar-refractivity contribution in [2.24, 2.45) is 4.99 Å². The van der Waals surface area contributed by atoms with Gasteiger partial charge >= 0.3 is 0 Å². The lowest BCUT2D eigenvalue weighted by Crippen LogP contribution is -2.50. The molecular weight excluding hydrogens is 608 g/mol. The number of halogens is 1. The van der Waals surface area contributed by atoms with Crippen molar-refractivity contribution in [1.29, 1.82) is 0 Å². The third-order valence-corrected chi connectivity index (χ3v) is 8.18. The van der Waals surface area contributed by atoms with E-state index in [0.29, 0.717) is 44.1 Å². The molecule has 0 saturated heterocycles. The van der Waals surface area contributed by atoms with E-state index in [1.807, 2.05) is 103 Å². The Labute approximate surface area is 260 Å². The van der Waals surface area contributed by atoms with Gasteiger partial charge < -0.3 is 24.6 Å². The predicted octanol–water partition coefficient (Wildman–Crippen LogP) is 6.08. The number of hydrogen-bond donors (Lipinski definition) is 2. The molecule has 1 heterocycles. The van der Waals surface area contributed by atoms with Crippen molar-refractivity contribution in [3.05, 3.63) is 130 Å². The number of carbonyl (C=O) groups excluding carboxylic acids is 1. The Hall–Kier alpha value is -4.14. The molecule has 2 atom stereocenters. The van der Waals surface area contributed by atoms with Gasteiger partial charge in [0, 0.05) is 36.0 Å². The second-order valence-corrected chi connectivity index (χ2v) is 11.2. The number of methoxy groups -OCH3 is 1. The molecule has 0 aromatic heterocycles. The van der Waals surface area contributed by atoms with Crippen LogP contribution in [-0.4, -0.2) is 49.3 Å². The molecule has 0 radical (unpaired) electrons. The molecule has 0 aliphatic carbocycles. The number of aliphatic imine (C=N–C) groups is 1. The lowest BCUT2D eigenvalue weighted by atomic mass is 9.82. The van der Waals surface area contributed by atoms with E-state index in [4.69, 9.17) is 24.3 Å². The summed E-state index contributed by atoms with van der Waals surface area (Å²) in [5, 5.41) is 12.2. The van der Waals surface area contributed by atoms with Gasteiger partial charge in [0.2, 0.25) is 5.90 Å². The fraction of sp³-hybridized carbons (Fsp3) is 0.257. The number of aliphatic hydroxyl groups is 1. The third-order valence-electron chi connectivity index (χ3n) is 7.41. The van der Waals surface area contributed by atoms with Crippen LogP contribution in [0.15, 0.2) is 113 Å². The second-order valence-electron chi connectivity index (χ2n) is 10.3. The summed E-state index contributed by atoms with van der Waals surface area (Å²) in [6.07, 6.45) is 0.888. The molecule has 8 heteroatoms. The minimum absolute atomic E-state index is 0.0748. The fourth-order valence-corrected chi connectivity index (χ4v) is 5.53. The molecule has 222 valence electrons. The van der Waals surface area contributed by atoms with Crippen LogP contribution < -0.4 is 14.8 Å². The predicted molar refractivity (Wildman–Crippen MR) is 171 cm³/mol. The van der Waals surface area contributed by atoms with E-state index in [2.05, 4.69) is 21.2 Å². The smallest absolute Gasteiger partial charge is 0.252 e. The van der Waals surface area contributed by atoms with Crippen LogP contribution in [0.4, 0.5) is 0 Å². The van der Waals surface area contributed by atoms with E-state index in [9.17, 15) is 4.79 Å². The first-order valence-corrected chi connectivity index (χ1v) is 15.1. The Morgan fingerprint density at radius 3 is 2.35 bits per heavy atom. The average Bonchev–Trinajstić information content (AvgIpc) is 3.44. The van der Waals surface area contributed by atoms with Gasteiger partial charge in [0.1, 0.15) is 11.5 Å². The number of rotatable bonds is 13. The minimum Gasteiger partial charge on any atom is -0.497 e. The van der Waals surface area contributed by atoms with Crippen molar-refractivity contribution < 1.29 is 24.1 Å². The van der Waals surface area contributed by atoms with Gasteiger partial charge in [-0.05, 0) is 65.6 Å². The summed E-state index contributed by atoms with van der Waals surface area (Å²) in [6, 6.07) is 33.0. The molecule has 5 rings (SSSR count). The zero-order valence-electron chi connectivity index (χ0n) is 24.0. The molecule has 1 aliphatic heterocycles. The van der Waals surface area contributed by atoms with Crippen molar-refractivity contribution in [2.45, 2.75) is 30.9 Å². The summed E-state index contributed by atoms with van der Waals surface area (Å²) in [7, 11) is 1.64. The molecule has 1 amide bonds. The normalized spacial score (nSPS) is 17.6. The molecule has 4 aromatic carbocycles. The van der Waals surface area contributed by atoms with E-state index in [1.54, 1.807) is 7.11 Å². The van der Waals surface area contributed by atoms with Crippen LogP contribution in [0.1, 0.15) is 34.8 Å². The number of ether oxygens (including phenoxy) is 3. The lowest BCUT2D eigenvalue weighted by Gasteiger charge is -2.31. The molecule has 0 saturated carbocycles. The molecular formula is C35H35BrN2O5. The van der Waals surface area contributed by atoms with Gasteiger partial charge in [-0.3, -0.25) is 4.79 Å². The van der Waals surface area contributed by atoms with Gasteiger partial charge in [0.15, 0.2) is 11.6 Å². The van der Waals surface area contributed by atoms with Crippen molar-refractivity contribution in [3.8, 4) is 11.5 Å². The zero-order chi connectivity index (χ0) is 30.1. The lowest BCUT2D eigenvalue weighted by molar-refractivity contribution is -0.128. The van der Waals surface area contributed by atoms with Gasteiger partial charge in [0.25, 0.3) is 5.91 Å². The highest BCUT2D eigenvalue weighted by Gasteiger charge is 2.53. The number of amides is 1. The first kappa shape index (κ1) is 30.3. The van der Waals surface area contributed by atoms with E-state index >= 15 is 0 Å². The minimum atomic E-state index is -1.27. The van der Waals surface area contributed by atoms with Crippen molar-refractivity contribution in [1.82, 2.24) is 5.32 Å². The molecule has 0 spiro atoms. The quantitative estimate of drug-likeness (QED) is 0.173. The van der Waals surface area contributed by atoms with Crippen LogP contribution in [0.2, 0.25) is 0 Å². The highest BCUT2D eigenvalue weighted by atomic mass is 79.9. The number of nitrogens with one attached hydrogen (secondary N) is 1. The van der Waals surface area contributed by atoms with Crippen LogP contribution in [0.5, 0.6) is 11.5 Å². The molecule has 7 nitrogen and oxygen atoms in total. The Balaban J connectivity index is 1.48.